The lowest BCUT2D eigenvalue weighted by molar-refractivity contribution is -0.137. The molecule has 1 aromatic heterocycles. The van der Waals surface area contributed by atoms with Crippen LogP contribution in [0.4, 0.5) is 9.93 Å². The molecule has 0 saturated heterocycles. The number of thiazole rings is 1. The van der Waals surface area contributed by atoms with E-state index in [4.69, 9.17) is 10.8 Å². The number of fused-ring (bicyclic) bond motifs is 1. The Kier molecular flexibility index (Phi) is 4.33. The zero-order chi connectivity index (χ0) is 15.4. The SMILES string of the molecule is NC(=O)CN(CC(=O)O)C(=O)Nc1nc2ccccc2s1. The van der Waals surface area contributed by atoms with Crippen molar-refractivity contribution in [1.29, 1.82) is 0 Å². The molecule has 1 aromatic carbocycles. The van der Waals surface area contributed by atoms with Crippen molar-refractivity contribution in [3.8, 4) is 0 Å². The summed E-state index contributed by atoms with van der Waals surface area (Å²) in [4.78, 5) is 38.5. The van der Waals surface area contributed by atoms with Crippen LogP contribution >= 0.6 is 11.3 Å². The molecule has 0 spiro atoms. The monoisotopic (exact) mass is 308 g/mol. The highest BCUT2D eigenvalue weighted by molar-refractivity contribution is 7.22. The van der Waals surface area contributed by atoms with Crippen molar-refractivity contribution >= 4 is 44.6 Å². The fourth-order valence-corrected chi connectivity index (χ4v) is 2.50. The van der Waals surface area contributed by atoms with Gasteiger partial charge in [-0.05, 0) is 12.1 Å². The molecule has 0 saturated carbocycles. The van der Waals surface area contributed by atoms with Crippen LogP contribution in [-0.4, -0.2) is 46.0 Å². The number of para-hydroxylation sites is 1. The second kappa shape index (κ2) is 6.18. The Morgan fingerprint density at radius 1 is 1.29 bits per heavy atom. The first-order chi connectivity index (χ1) is 9.95. The van der Waals surface area contributed by atoms with Crippen LogP contribution in [0.1, 0.15) is 0 Å². The van der Waals surface area contributed by atoms with Crippen molar-refractivity contribution in [3.63, 3.8) is 0 Å². The van der Waals surface area contributed by atoms with E-state index in [2.05, 4.69) is 10.3 Å². The predicted molar refractivity (Wildman–Crippen MR) is 77.0 cm³/mol. The van der Waals surface area contributed by atoms with Crippen LogP contribution in [-0.2, 0) is 9.59 Å². The number of aliphatic carboxylic acids is 1. The average molecular weight is 308 g/mol. The number of aromatic nitrogens is 1. The molecule has 0 bridgehead atoms. The zero-order valence-corrected chi connectivity index (χ0v) is 11.6. The van der Waals surface area contributed by atoms with Gasteiger partial charge in [-0.15, -0.1) is 0 Å². The highest BCUT2D eigenvalue weighted by Gasteiger charge is 2.20. The minimum Gasteiger partial charge on any atom is -0.480 e. The molecule has 0 aliphatic heterocycles. The molecule has 8 nitrogen and oxygen atoms in total. The highest BCUT2D eigenvalue weighted by Crippen LogP contribution is 2.25. The largest absolute Gasteiger partial charge is 0.480 e. The summed E-state index contributed by atoms with van der Waals surface area (Å²) < 4.78 is 0.882. The highest BCUT2D eigenvalue weighted by atomic mass is 32.1. The van der Waals surface area contributed by atoms with Gasteiger partial charge in [0.05, 0.1) is 10.2 Å². The Balaban J connectivity index is 2.13. The minimum absolute atomic E-state index is 0.320. The molecule has 9 heteroatoms. The number of amides is 3. The van der Waals surface area contributed by atoms with E-state index in [-0.39, 0.29) is 0 Å². The van der Waals surface area contributed by atoms with Gasteiger partial charge < -0.3 is 15.7 Å². The molecule has 0 aliphatic carbocycles. The van der Waals surface area contributed by atoms with E-state index in [1.54, 1.807) is 6.07 Å². The molecular formula is C12H12N4O4S. The van der Waals surface area contributed by atoms with E-state index in [0.717, 1.165) is 15.1 Å². The van der Waals surface area contributed by atoms with E-state index in [1.165, 1.54) is 11.3 Å². The molecule has 3 amide bonds. The lowest BCUT2D eigenvalue weighted by atomic mass is 10.3. The van der Waals surface area contributed by atoms with Crippen molar-refractivity contribution in [3.05, 3.63) is 24.3 Å². The maximum atomic E-state index is 12.0. The lowest BCUT2D eigenvalue weighted by Gasteiger charge is -2.18. The summed E-state index contributed by atoms with van der Waals surface area (Å²) in [7, 11) is 0. The summed E-state index contributed by atoms with van der Waals surface area (Å²) >= 11 is 1.25. The van der Waals surface area contributed by atoms with Gasteiger partial charge in [-0.2, -0.15) is 0 Å². The predicted octanol–water partition coefficient (Wildman–Crippen LogP) is 0.700. The second-order valence-electron chi connectivity index (χ2n) is 4.13. The zero-order valence-electron chi connectivity index (χ0n) is 10.8. The van der Waals surface area contributed by atoms with Gasteiger partial charge in [-0.1, -0.05) is 23.5 Å². The third-order valence-corrected chi connectivity index (χ3v) is 3.42. The van der Waals surface area contributed by atoms with Gasteiger partial charge in [0.15, 0.2) is 5.13 Å². The Morgan fingerprint density at radius 3 is 2.62 bits per heavy atom. The van der Waals surface area contributed by atoms with Gasteiger partial charge in [0, 0.05) is 0 Å². The number of carbonyl (C=O) groups is 3. The number of primary amides is 1. The van der Waals surface area contributed by atoms with E-state index >= 15 is 0 Å². The van der Waals surface area contributed by atoms with Crippen molar-refractivity contribution in [2.75, 3.05) is 18.4 Å². The molecule has 110 valence electrons. The first kappa shape index (κ1) is 14.7. The molecule has 2 rings (SSSR count). The number of nitrogens with zero attached hydrogens (tertiary/aromatic N) is 2. The molecule has 2 aromatic rings. The molecule has 0 atom stereocenters. The molecule has 0 fully saturated rings. The molecule has 0 radical (unpaired) electrons. The van der Waals surface area contributed by atoms with Crippen LogP contribution in [0.3, 0.4) is 0 Å². The number of hydrogen-bond donors (Lipinski definition) is 3. The van der Waals surface area contributed by atoms with Gasteiger partial charge >= 0.3 is 12.0 Å². The number of carboxylic acid groups (broad SMARTS) is 1. The smallest absolute Gasteiger partial charge is 0.324 e. The second-order valence-corrected chi connectivity index (χ2v) is 5.16. The fourth-order valence-electron chi connectivity index (χ4n) is 1.65. The van der Waals surface area contributed by atoms with Crippen LogP contribution in [0, 0.1) is 0 Å². The summed E-state index contributed by atoms with van der Waals surface area (Å²) in [6, 6.07) is 6.56. The number of rotatable bonds is 5. The number of benzene rings is 1. The first-order valence-electron chi connectivity index (χ1n) is 5.87. The van der Waals surface area contributed by atoms with E-state index in [0.29, 0.717) is 5.13 Å². The maximum absolute atomic E-state index is 12.0. The van der Waals surface area contributed by atoms with Gasteiger partial charge in [-0.25, -0.2) is 9.78 Å². The van der Waals surface area contributed by atoms with Crippen molar-refractivity contribution in [1.82, 2.24) is 9.88 Å². The maximum Gasteiger partial charge on any atom is 0.324 e. The van der Waals surface area contributed by atoms with E-state index in [1.807, 2.05) is 18.2 Å². The number of carbonyl (C=O) groups excluding carboxylic acids is 2. The Morgan fingerprint density at radius 2 is 2.00 bits per heavy atom. The first-order valence-corrected chi connectivity index (χ1v) is 6.69. The normalized spacial score (nSPS) is 10.3. The average Bonchev–Trinajstić information content (AvgIpc) is 2.78. The Labute approximate surface area is 123 Å². The third kappa shape index (κ3) is 3.89. The number of anilines is 1. The Hall–Kier alpha value is -2.68. The lowest BCUT2D eigenvalue weighted by Crippen LogP contribution is -2.43. The number of urea groups is 1. The van der Waals surface area contributed by atoms with E-state index in [9.17, 15) is 14.4 Å². The minimum atomic E-state index is -1.24. The summed E-state index contributed by atoms with van der Waals surface area (Å²) in [6.45, 7) is -1.11. The van der Waals surface area contributed by atoms with Gasteiger partial charge in [0.2, 0.25) is 5.91 Å². The van der Waals surface area contributed by atoms with Crippen LogP contribution in [0.15, 0.2) is 24.3 Å². The standard InChI is InChI=1S/C12H12N4O4S/c13-9(17)5-16(6-10(18)19)12(20)15-11-14-7-3-1-2-4-8(7)21-11/h1-4H,5-6H2,(H2,13,17)(H,18,19)(H,14,15,20). The summed E-state index contributed by atoms with van der Waals surface area (Å²) in [6.07, 6.45) is 0. The Bertz CT molecular complexity index is 650. The van der Waals surface area contributed by atoms with Crippen LogP contribution in [0.5, 0.6) is 0 Å². The van der Waals surface area contributed by atoms with Crippen molar-refractivity contribution in [2.45, 2.75) is 0 Å². The number of carboxylic acids is 1. The van der Waals surface area contributed by atoms with Gasteiger partial charge in [0.1, 0.15) is 13.1 Å². The topological polar surface area (TPSA) is 126 Å². The molecule has 0 aliphatic rings. The van der Waals surface area contributed by atoms with E-state index < -0.39 is 31.0 Å². The van der Waals surface area contributed by atoms with Gasteiger partial charge in [-0.3, -0.25) is 14.9 Å². The summed E-state index contributed by atoms with van der Waals surface area (Å²) in [5.41, 5.74) is 5.71. The number of nitrogens with one attached hydrogen (secondary N) is 1. The number of hydrogen-bond acceptors (Lipinski definition) is 5. The number of nitrogens with two attached hydrogens (primary N) is 1. The molecular weight excluding hydrogens is 296 g/mol. The molecule has 4 N–H and O–H groups in total. The quantitative estimate of drug-likeness (QED) is 0.749. The third-order valence-electron chi connectivity index (χ3n) is 2.47. The van der Waals surface area contributed by atoms with Crippen molar-refractivity contribution < 1.29 is 19.5 Å². The van der Waals surface area contributed by atoms with Crippen LogP contribution in [0.2, 0.25) is 0 Å². The van der Waals surface area contributed by atoms with Gasteiger partial charge in [0.25, 0.3) is 0 Å². The van der Waals surface area contributed by atoms with Crippen LogP contribution < -0.4 is 11.1 Å². The summed E-state index contributed by atoms with van der Waals surface area (Å²) in [5, 5.41) is 11.5. The summed E-state index contributed by atoms with van der Waals surface area (Å²) in [5.74, 6) is -2.04. The van der Waals surface area contributed by atoms with Crippen LogP contribution in [0.25, 0.3) is 10.2 Å². The fraction of sp³-hybridized carbons (Fsp3) is 0.167. The molecule has 21 heavy (non-hydrogen) atoms. The molecule has 1 heterocycles. The molecule has 0 unspecified atom stereocenters. The van der Waals surface area contributed by atoms with Crippen molar-refractivity contribution in [2.24, 2.45) is 5.73 Å².